The highest BCUT2D eigenvalue weighted by atomic mass is 35.5. The molecule has 2 heterocycles. The van der Waals surface area contributed by atoms with Gasteiger partial charge in [0, 0.05) is 36.8 Å². The Balaban J connectivity index is 1.54. The van der Waals surface area contributed by atoms with E-state index in [1.807, 2.05) is 13.8 Å². The predicted molar refractivity (Wildman–Crippen MR) is 104 cm³/mol. The molecular weight excluding hydrogens is 403 g/mol. The van der Waals surface area contributed by atoms with Gasteiger partial charge >= 0.3 is 6.09 Å². The van der Waals surface area contributed by atoms with Crippen LogP contribution in [0.4, 0.5) is 14.9 Å². The van der Waals surface area contributed by atoms with E-state index in [0.717, 1.165) is 0 Å². The lowest BCUT2D eigenvalue weighted by Crippen LogP contribution is -2.46. The summed E-state index contributed by atoms with van der Waals surface area (Å²) < 4.78 is 20.0. The molecule has 1 atom stereocenters. The van der Waals surface area contributed by atoms with E-state index in [1.165, 1.54) is 23.2 Å². The van der Waals surface area contributed by atoms with Gasteiger partial charge in [-0.1, -0.05) is 11.6 Å². The summed E-state index contributed by atoms with van der Waals surface area (Å²) in [4.78, 5) is 25.9. The third-order valence-electron chi connectivity index (χ3n) is 4.55. The van der Waals surface area contributed by atoms with E-state index in [2.05, 4.69) is 10.4 Å². The van der Waals surface area contributed by atoms with Crippen LogP contribution in [0.1, 0.15) is 31.9 Å². The number of nitrogens with zero attached hydrogens (tertiary/aromatic N) is 3. The predicted octanol–water partition coefficient (Wildman–Crippen LogP) is 2.65. The van der Waals surface area contributed by atoms with Gasteiger partial charge in [-0.15, -0.1) is 0 Å². The van der Waals surface area contributed by atoms with E-state index >= 15 is 0 Å². The quantitative estimate of drug-likeness (QED) is 0.695. The molecule has 0 bridgehead atoms. The zero-order chi connectivity index (χ0) is 21.2. The van der Waals surface area contributed by atoms with Gasteiger partial charge in [0.25, 0.3) is 11.7 Å². The number of carbonyl (C=O) groups excluding carboxylic acids is 2. The smallest absolute Gasteiger partial charge is 0.407 e. The van der Waals surface area contributed by atoms with Gasteiger partial charge in [0.1, 0.15) is 5.82 Å². The number of nitrogens with one attached hydrogen (secondary N) is 1. The Morgan fingerprint density at radius 3 is 2.86 bits per heavy atom. The van der Waals surface area contributed by atoms with Crippen LogP contribution in [0.2, 0.25) is 5.02 Å². The Morgan fingerprint density at radius 1 is 1.45 bits per heavy atom. The molecule has 29 heavy (non-hydrogen) atoms. The van der Waals surface area contributed by atoms with Crippen molar-refractivity contribution in [1.29, 1.82) is 0 Å². The standard InChI is InChI=1S/C19H22ClFN4O4/c1-12(2)25-11-16(10-23-25)24-6-4-19(28,17(24)26)29-18(27)22-5-3-13-7-14(20)9-15(21)8-13/h7-12,28H,3-6H2,1-2H3,(H,22,27)/t19-/m0/s1. The fourth-order valence-corrected chi connectivity index (χ4v) is 3.27. The summed E-state index contributed by atoms with van der Waals surface area (Å²) in [5.41, 5.74) is 1.12. The first-order valence-corrected chi connectivity index (χ1v) is 9.56. The lowest BCUT2D eigenvalue weighted by molar-refractivity contribution is -0.175. The average molecular weight is 425 g/mol. The number of aliphatic hydroxyl groups is 1. The van der Waals surface area contributed by atoms with Crippen LogP contribution < -0.4 is 10.2 Å². The van der Waals surface area contributed by atoms with Crippen LogP contribution in [0.5, 0.6) is 0 Å². The van der Waals surface area contributed by atoms with Gasteiger partial charge in [-0.05, 0) is 44.0 Å². The average Bonchev–Trinajstić information content (AvgIpc) is 3.20. The zero-order valence-corrected chi connectivity index (χ0v) is 16.8. The van der Waals surface area contributed by atoms with Crippen molar-refractivity contribution in [3.63, 3.8) is 0 Å². The van der Waals surface area contributed by atoms with Crippen LogP contribution in [0.3, 0.4) is 0 Å². The van der Waals surface area contributed by atoms with Crippen LogP contribution in [-0.2, 0) is 16.0 Å². The Morgan fingerprint density at radius 2 is 2.21 bits per heavy atom. The molecule has 1 aromatic heterocycles. The van der Waals surface area contributed by atoms with Crippen LogP contribution in [0, 0.1) is 5.82 Å². The third kappa shape index (κ3) is 4.86. The van der Waals surface area contributed by atoms with Crippen molar-refractivity contribution in [2.75, 3.05) is 18.0 Å². The van der Waals surface area contributed by atoms with E-state index in [4.69, 9.17) is 16.3 Å². The number of halogens is 2. The van der Waals surface area contributed by atoms with Crippen molar-refractivity contribution in [1.82, 2.24) is 15.1 Å². The third-order valence-corrected chi connectivity index (χ3v) is 4.77. The topological polar surface area (TPSA) is 96.7 Å². The fraction of sp³-hybridized carbons (Fsp3) is 0.421. The monoisotopic (exact) mass is 424 g/mol. The van der Waals surface area contributed by atoms with E-state index < -0.39 is 23.6 Å². The summed E-state index contributed by atoms with van der Waals surface area (Å²) in [7, 11) is 0. The first kappa shape index (κ1) is 21.1. The van der Waals surface area contributed by atoms with E-state index in [-0.39, 0.29) is 30.6 Å². The number of carbonyl (C=O) groups is 2. The number of hydrogen-bond donors (Lipinski definition) is 2. The molecule has 1 aromatic carbocycles. The van der Waals surface area contributed by atoms with E-state index in [0.29, 0.717) is 17.7 Å². The number of hydrogen-bond acceptors (Lipinski definition) is 5. The Kier molecular flexibility index (Phi) is 6.09. The van der Waals surface area contributed by atoms with Crippen molar-refractivity contribution in [2.24, 2.45) is 0 Å². The molecule has 1 saturated heterocycles. The largest absolute Gasteiger partial charge is 0.410 e. The van der Waals surface area contributed by atoms with Crippen LogP contribution >= 0.6 is 11.6 Å². The molecule has 2 N–H and O–H groups in total. The van der Waals surface area contributed by atoms with Gasteiger partial charge in [-0.3, -0.25) is 9.48 Å². The van der Waals surface area contributed by atoms with Gasteiger partial charge in [0.15, 0.2) is 0 Å². The SMILES string of the molecule is CC(C)n1cc(N2CC[C@](O)(OC(=O)NCCc3cc(F)cc(Cl)c3)C2=O)cn1. The number of alkyl carbamates (subject to hydrolysis) is 1. The summed E-state index contributed by atoms with van der Waals surface area (Å²) in [6.07, 6.45) is 2.51. The molecular formula is C19H22ClFN4O4. The van der Waals surface area contributed by atoms with Gasteiger partial charge < -0.3 is 20.1 Å². The molecule has 0 unspecified atom stereocenters. The number of amides is 2. The second-order valence-corrected chi connectivity index (χ2v) is 7.54. The van der Waals surface area contributed by atoms with Crippen LogP contribution in [-0.4, -0.2) is 45.8 Å². The van der Waals surface area contributed by atoms with Crippen LogP contribution in [0.25, 0.3) is 0 Å². The number of benzene rings is 1. The van der Waals surface area contributed by atoms with Gasteiger partial charge in [0.05, 0.1) is 11.9 Å². The molecule has 0 saturated carbocycles. The first-order chi connectivity index (χ1) is 13.7. The summed E-state index contributed by atoms with van der Waals surface area (Å²) in [6.45, 7) is 4.20. The molecule has 0 radical (unpaired) electrons. The Bertz CT molecular complexity index is 899. The molecule has 3 rings (SSSR count). The normalized spacial score (nSPS) is 19.1. The van der Waals surface area contributed by atoms with Crippen molar-refractivity contribution in [2.45, 2.75) is 38.5 Å². The maximum absolute atomic E-state index is 13.3. The van der Waals surface area contributed by atoms with Crippen molar-refractivity contribution in [3.05, 3.63) is 47.0 Å². The molecule has 1 fully saturated rings. The molecule has 1 aliphatic heterocycles. The van der Waals surface area contributed by atoms with Crippen molar-refractivity contribution in [3.8, 4) is 0 Å². The molecule has 0 spiro atoms. The molecule has 0 aliphatic carbocycles. The van der Waals surface area contributed by atoms with E-state index in [1.54, 1.807) is 16.9 Å². The number of anilines is 1. The van der Waals surface area contributed by atoms with Crippen molar-refractivity contribution < 1.29 is 23.8 Å². The molecule has 8 nitrogen and oxygen atoms in total. The van der Waals surface area contributed by atoms with E-state index in [9.17, 15) is 19.1 Å². The lowest BCUT2D eigenvalue weighted by atomic mass is 10.1. The number of aromatic nitrogens is 2. The lowest BCUT2D eigenvalue weighted by Gasteiger charge is -2.21. The minimum Gasteiger partial charge on any atom is -0.407 e. The second kappa shape index (κ2) is 8.38. The highest BCUT2D eigenvalue weighted by molar-refractivity contribution is 6.30. The molecule has 156 valence electrons. The molecule has 2 amide bonds. The maximum atomic E-state index is 13.3. The Labute approximate surface area is 172 Å². The summed E-state index contributed by atoms with van der Waals surface area (Å²) in [5.74, 6) is -3.44. The van der Waals surface area contributed by atoms with Crippen LogP contribution in [0.15, 0.2) is 30.6 Å². The molecule has 10 heteroatoms. The number of rotatable bonds is 6. The molecule has 1 aliphatic rings. The van der Waals surface area contributed by atoms with Gasteiger partial charge in [-0.2, -0.15) is 5.10 Å². The summed E-state index contributed by atoms with van der Waals surface area (Å²) in [5, 5.41) is 17.4. The summed E-state index contributed by atoms with van der Waals surface area (Å²) in [6, 6.07) is 4.20. The summed E-state index contributed by atoms with van der Waals surface area (Å²) >= 11 is 5.79. The maximum Gasteiger partial charge on any atom is 0.410 e. The minimum atomic E-state index is -2.24. The first-order valence-electron chi connectivity index (χ1n) is 9.18. The zero-order valence-electron chi connectivity index (χ0n) is 16.1. The minimum absolute atomic E-state index is 0.0639. The van der Waals surface area contributed by atoms with Gasteiger partial charge in [-0.25, -0.2) is 9.18 Å². The highest BCUT2D eigenvalue weighted by Crippen LogP contribution is 2.29. The van der Waals surface area contributed by atoms with Crippen molar-refractivity contribution >= 4 is 29.3 Å². The molecule has 2 aromatic rings. The number of ether oxygens (including phenoxy) is 1. The highest BCUT2D eigenvalue weighted by Gasteiger charge is 2.49. The van der Waals surface area contributed by atoms with Gasteiger partial charge in [0.2, 0.25) is 0 Å². The Hall–Kier alpha value is -2.65. The second-order valence-electron chi connectivity index (χ2n) is 7.11. The fourth-order valence-electron chi connectivity index (χ4n) is 3.03.